The smallest absolute Gasteiger partial charge is 0.0951 e. The van der Waals surface area contributed by atoms with E-state index in [0.29, 0.717) is 0 Å². The van der Waals surface area contributed by atoms with E-state index in [4.69, 9.17) is 9.84 Å². The first-order chi connectivity index (χ1) is 4.29. The fourth-order valence-corrected chi connectivity index (χ4v) is 0.840. The first kappa shape index (κ1) is 6.62. The van der Waals surface area contributed by atoms with Crippen molar-refractivity contribution in [3.05, 3.63) is 12.3 Å². The minimum atomic E-state index is -0.296. The predicted octanol–water partition coefficient (Wildman–Crippen LogP) is 1.06. The van der Waals surface area contributed by atoms with E-state index in [1.165, 1.54) is 0 Å². The summed E-state index contributed by atoms with van der Waals surface area (Å²) in [6.45, 7) is 2.00. The Hall–Kier alpha value is -0.500. The second kappa shape index (κ2) is 2.87. The van der Waals surface area contributed by atoms with Gasteiger partial charge >= 0.3 is 0 Å². The van der Waals surface area contributed by atoms with Gasteiger partial charge in [0, 0.05) is 0 Å². The molecule has 2 nitrogen and oxygen atoms in total. The molecule has 9 heavy (non-hydrogen) atoms. The highest BCUT2D eigenvalue weighted by molar-refractivity contribution is 4.86. The number of aliphatic hydroxyl groups is 1. The van der Waals surface area contributed by atoms with Crippen molar-refractivity contribution in [1.82, 2.24) is 0 Å². The number of ether oxygens (including phenoxy) is 1. The van der Waals surface area contributed by atoms with Gasteiger partial charge in [-0.05, 0) is 25.8 Å². The van der Waals surface area contributed by atoms with Gasteiger partial charge in [0.2, 0.25) is 0 Å². The third-order valence-electron chi connectivity index (χ3n) is 1.48. The lowest BCUT2D eigenvalue weighted by molar-refractivity contribution is 0.147. The van der Waals surface area contributed by atoms with Crippen molar-refractivity contribution >= 4 is 0 Å². The lowest BCUT2D eigenvalue weighted by Gasteiger charge is -2.06. The molecule has 52 valence electrons. The van der Waals surface area contributed by atoms with Crippen LogP contribution in [-0.4, -0.2) is 17.3 Å². The van der Waals surface area contributed by atoms with E-state index in [0.717, 1.165) is 12.8 Å². The maximum Gasteiger partial charge on any atom is 0.0951 e. The molecule has 1 N–H and O–H groups in total. The number of rotatable bonds is 0. The van der Waals surface area contributed by atoms with Crippen LogP contribution in [0, 0.1) is 0 Å². The molecule has 1 heterocycles. The molecule has 0 spiro atoms. The van der Waals surface area contributed by atoms with Crippen molar-refractivity contribution in [2.45, 2.75) is 32.0 Å². The number of hydrogen-bond acceptors (Lipinski definition) is 2. The van der Waals surface area contributed by atoms with Crippen molar-refractivity contribution in [1.29, 1.82) is 0 Å². The van der Waals surface area contributed by atoms with E-state index in [9.17, 15) is 0 Å². The number of aliphatic hydroxyl groups excluding tert-OH is 1. The van der Waals surface area contributed by atoms with E-state index in [1.807, 2.05) is 6.92 Å². The van der Waals surface area contributed by atoms with E-state index < -0.39 is 0 Å². The average Bonchev–Trinajstić information content (AvgIpc) is 1.97. The van der Waals surface area contributed by atoms with Gasteiger partial charge in [-0.2, -0.15) is 0 Å². The van der Waals surface area contributed by atoms with Crippen LogP contribution < -0.4 is 0 Å². The molecular weight excluding hydrogens is 116 g/mol. The molecular formula is C7H12O2. The van der Waals surface area contributed by atoms with Gasteiger partial charge in [-0.25, -0.2) is 0 Å². The van der Waals surface area contributed by atoms with Crippen LogP contribution in [0.15, 0.2) is 12.3 Å². The molecule has 1 aliphatic rings. The summed E-state index contributed by atoms with van der Waals surface area (Å²) in [6.07, 6.45) is 4.99. The van der Waals surface area contributed by atoms with Crippen LogP contribution in [-0.2, 0) is 4.74 Å². The molecule has 0 saturated carbocycles. The van der Waals surface area contributed by atoms with E-state index in [-0.39, 0.29) is 12.2 Å². The Morgan fingerprint density at radius 3 is 3.11 bits per heavy atom. The average molecular weight is 128 g/mol. The van der Waals surface area contributed by atoms with Crippen molar-refractivity contribution in [3.8, 4) is 0 Å². The summed E-state index contributed by atoms with van der Waals surface area (Å²) in [6, 6.07) is 0. The third-order valence-corrected chi connectivity index (χ3v) is 1.48. The van der Waals surface area contributed by atoms with Crippen LogP contribution in [0.1, 0.15) is 19.8 Å². The molecule has 2 unspecified atom stereocenters. The van der Waals surface area contributed by atoms with Gasteiger partial charge in [0.1, 0.15) is 0 Å². The van der Waals surface area contributed by atoms with Crippen molar-refractivity contribution < 1.29 is 9.84 Å². The highest BCUT2D eigenvalue weighted by Crippen LogP contribution is 2.10. The fourth-order valence-electron chi connectivity index (χ4n) is 0.840. The van der Waals surface area contributed by atoms with Gasteiger partial charge < -0.3 is 9.84 Å². The maximum absolute atomic E-state index is 9.04. The summed E-state index contributed by atoms with van der Waals surface area (Å²) in [4.78, 5) is 0. The lowest BCUT2D eigenvalue weighted by atomic mass is 10.1. The summed E-state index contributed by atoms with van der Waals surface area (Å²) in [5.41, 5.74) is 0. The molecule has 0 bridgehead atoms. The molecule has 1 rings (SSSR count). The zero-order valence-corrected chi connectivity index (χ0v) is 5.58. The Balaban J connectivity index is 2.39. The fraction of sp³-hybridized carbons (Fsp3) is 0.714. The first-order valence-corrected chi connectivity index (χ1v) is 3.29. The van der Waals surface area contributed by atoms with Crippen LogP contribution in [0.5, 0.6) is 0 Å². The van der Waals surface area contributed by atoms with Gasteiger partial charge in [0.05, 0.1) is 18.5 Å². The van der Waals surface area contributed by atoms with Crippen LogP contribution in [0.2, 0.25) is 0 Å². The minimum Gasteiger partial charge on any atom is -0.499 e. The molecule has 0 aromatic heterocycles. The zero-order valence-electron chi connectivity index (χ0n) is 5.58. The number of hydrogen-bond donors (Lipinski definition) is 1. The summed E-state index contributed by atoms with van der Waals surface area (Å²) in [5, 5.41) is 9.04. The Labute approximate surface area is 55.1 Å². The van der Waals surface area contributed by atoms with Crippen molar-refractivity contribution in [2.75, 3.05) is 0 Å². The zero-order chi connectivity index (χ0) is 6.69. The molecule has 0 saturated heterocycles. The molecule has 2 atom stereocenters. The summed E-state index contributed by atoms with van der Waals surface area (Å²) in [7, 11) is 0. The normalized spacial score (nSPS) is 35.3. The topological polar surface area (TPSA) is 29.5 Å². The standard InChI is InChI=1S/C7H12O2/c1-6-2-3-7(8)4-5-9-6/h4-8H,2-3H2,1H3. The quantitative estimate of drug-likeness (QED) is 0.528. The van der Waals surface area contributed by atoms with Gasteiger partial charge in [0.25, 0.3) is 0 Å². The SMILES string of the molecule is CC1CCC(O)C=CO1. The van der Waals surface area contributed by atoms with Gasteiger partial charge in [-0.1, -0.05) is 0 Å². The third kappa shape index (κ3) is 2.06. The van der Waals surface area contributed by atoms with Crippen LogP contribution in [0.4, 0.5) is 0 Å². The summed E-state index contributed by atoms with van der Waals surface area (Å²) < 4.78 is 5.13. The van der Waals surface area contributed by atoms with Crippen molar-refractivity contribution in [3.63, 3.8) is 0 Å². The largest absolute Gasteiger partial charge is 0.499 e. The summed E-state index contributed by atoms with van der Waals surface area (Å²) in [5.74, 6) is 0. The molecule has 0 radical (unpaired) electrons. The highest BCUT2D eigenvalue weighted by atomic mass is 16.5. The van der Waals surface area contributed by atoms with E-state index >= 15 is 0 Å². The Morgan fingerprint density at radius 2 is 2.33 bits per heavy atom. The second-order valence-electron chi connectivity index (χ2n) is 2.42. The lowest BCUT2D eigenvalue weighted by Crippen LogP contribution is -2.05. The monoisotopic (exact) mass is 128 g/mol. The minimum absolute atomic E-state index is 0.262. The van der Waals surface area contributed by atoms with Gasteiger partial charge in [-0.3, -0.25) is 0 Å². The van der Waals surface area contributed by atoms with Gasteiger partial charge in [-0.15, -0.1) is 0 Å². The second-order valence-corrected chi connectivity index (χ2v) is 2.42. The maximum atomic E-state index is 9.04. The van der Waals surface area contributed by atoms with E-state index in [1.54, 1.807) is 12.3 Å². The molecule has 0 aliphatic carbocycles. The molecule has 0 fully saturated rings. The predicted molar refractivity (Wildman–Crippen MR) is 34.9 cm³/mol. The molecule has 0 amide bonds. The van der Waals surface area contributed by atoms with Gasteiger partial charge in [0.15, 0.2) is 0 Å². The highest BCUT2D eigenvalue weighted by Gasteiger charge is 2.08. The first-order valence-electron chi connectivity index (χ1n) is 3.29. The Bertz CT molecular complexity index is 109. The molecule has 2 heteroatoms. The summed E-state index contributed by atoms with van der Waals surface area (Å²) >= 11 is 0. The van der Waals surface area contributed by atoms with Crippen LogP contribution >= 0.6 is 0 Å². The Kier molecular flexibility index (Phi) is 2.11. The van der Waals surface area contributed by atoms with Crippen LogP contribution in [0.3, 0.4) is 0 Å². The molecule has 1 aliphatic heterocycles. The van der Waals surface area contributed by atoms with E-state index in [2.05, 4.69) is 0 Å². The van der Waals surface area contributed by atoms with Crippen molar-refractivity contribution in [2.24, 2.45) is 0 Å². The van der Waals surface area contributed by atoms with Crippen LogP contribution in [0.25, 0.3) is 0 Å². The molecule has 0 aromatic carbocycles. The molecule has 0 aromatic rings. The Morgan fingerprint density at radius 1 is 1.56 bits per heavy atom.